The molecular formula is C11H19NO3. The van der Waals surface area contributed by atoms with Gasteiger partial charge in [0.15, 0.2) is 0 Å². The second-order valence-corrected chi connectivity index (χ2v) is 4.28. The van der Waals surface area contributed by atoms with Crippen LogP contribution >= 0.6 is 0 Å². The molecule has 0 aliphatic heterocycles. The van der Waals surface area contributed by atoms with Crippen LogP contribution < -0.4 is 5.32 Å². The molecule has 2 N–H and O–H groups in total. The first-order chi connectivity index (χ1) is 7.10. The van der Waals surface area contributed by atoms with Crippen molar-refractivity contribution in [1.29, 1.82) is 0 Å². The summed E-state index contributed by atoms with van der Waals surface area (Å²) < 4.78 is 0. The maximum absolute atomic E-state index is 11.2. The van der Waals surface area contributed by atoms with Gasteiger partial charge in [0.1, 0.15) is 0 Å². The van der Waals surface area contributed by atoms with E-state index in [0.717, 1.165) is 19.3 Å². The molecule has 0 aromatic heterocycles. The number of carboxylic acids is 1. The Morgan fingerprint density at radius 2 is 1.87 bits per heavy atom. The zero-order valence-electron chi connectivity index (χ0n) is 9.21. The summed E-state index contributed by atoms with van der Waals surface area (Å²) in [6, 6.07) is 0. The van der Waals surface area contributed by atoms with Gasteiger partial charge in [0.25, 0.3) is 0 Å². The van der Waals surface area contributed by atoms with E-state index in [9.17, 15) is 14.7 Å². The number of rotatable bonds is 4. The van der Waals surface area contributed by atoms with E-state index in [2.05, 4.69) is 5.32 Å². The van der Waals surface area contributed by atoms with E-state index < -0.39 is 11.4 Å². The van der Waals surface area contributed by atoms with E-state index in [0.29, 0.717) is 19.3 Å². The second kappa shape index (κ2) is 5.14. The van der Waals surface area contributed by atoms with Crippen molar-refractivity contribution in [3.63, 3.8) is 0 Å². The van der Waals surface area contributed by atoms with Gasteiger partial charge in [0.05, 0.1) is 5.41 Å². The predicted molar refractivity (Wildman–Crippen MR) is 56.5 cm³/mol. The molecule has 1 aliphatic carbocycles. The van der Waals surface area contributed by atoms with Gasteiger partial charge in [0, 0.05) is 13.0 Å². The maximum Gasteiger partial charge on any atom is 0.311 e. The first-order valence-corrected chi connectivity index (χ1v) is 5.61. The lowest BCUT2D eigenvalue weighted by Crippen LogP contribution is -2.44. The highest BCUT2D eigenvalue weighted by molar-refractivity contribution is 5.78. The van der Waals surface area contributed by atoms with Gasteiger partial charge in [-0.2, -0.15) is 0 Å². The number of carboxylic acid groups (broad SMARTS) is 1. The highest BCUT2D eigenvalue weighted by atomic mass is 16.4. The Labute approximate surface area is 90.0 Å². The lowest BCUT2D eigenvalue weighted by Gasteiger charge is -2.33. The average molecular weight is 213 g/mol. The molecule has 4 nitrogen and oxygen atoms in total. The molecule has 0 spiro atoms. The number of nitrogens with one attached hydrogen (secondary N) is 1. The van der Waals surface area contributed by atoms with Crippen LogP contribution in [-0.2, 0) is 9.59 Å². The van der Waals surface area contributed by atoms with E-state index >= 15 is 0 Å². The summed E-state index contributed by atoms with van der Waals surface area (Å²) in [6.07, 6.45) is 4.80. The fourth-order valence-electron chi connectivity index (χ4n) is 2.09. The number of carbonyl (C=O) groups excluding carboxylic acids is 1. The Kier molecular flexibility index (Phi) is 4.12. The van der Waals surface area contributed by atoms with Crippen molar-refractivity contribution in [3.05, 3.63) is 0 Å². The van der Waals surface area contributed by atoms with Crippen molar-refractivity contribution in [1.82, 2.24) is 5.32 Å². The van der Waals surface area contributed by atoms with Crippen LogP contribution in [0.1, 0.15) is 45.4 Å². The molecule has 1 aliphatic rings. The van der Waals surface area contributed by atoms with Gasteiger partial charge in [-0.15, -0.1) is 0 Å². The summed E-state index contributed by atoms with van der Waals surface area (Å²) in [5.41, 5.74) is -0.705. The van der Waals surface area contributed by atoms with E-state index in [1.807, 2.05) is 0 Å². The number of carbonyl (C=O) groups is 2. The summed E-state index contributed by atoms with van der Waals surface area (Å²) in [5, 5.41) is 11.9. The van der Waals surface area contributed by atoms with Crippen molar-refractivity contribution in [3.8, 4) is 0 Å². The molecule has 1 fully saturated rings. The third-order valence-corrected chi connectivity index (χ3v) is 3.21. The van der Waals surface area contributed by atoms with E-state index in [-0.39, 0.29) is 12.5 Å². The van der Waals surface area contributed by atoms with Crippen molar-refractivity contribution < 1.29 is 14.7 Å². The zero-order chi connectivity index (χ0) is 11.3. The number of hydrogen-bond donors (Lipinski definition) is 2. The fraction of sp³-hybridized carbons (Fsp3) is 0.818. The Hall–Kier alpha value is -1.06. The Balaban J connectivity index is 2.57. The van der Waals surface area contributed by atoms with Crippen molar-refractivity contribution in [2.45, 2.75) is 45.4 Å². The SMILES string of the molecule is CCC(=O)NCC1(C(=O)O)CCCCC1. The molecule has 0 heterocycles. The highest BCUT2D eigenvalue weighted by Gasteiger charge is 2.39. The summed E-state index contributed by atoms with van der Waals surface area (Å²) in [7, 11) is 0. The van der Waals surface area contributed by atoms with Crippen LogP contribution in [0.2, 0.25) is 0 Å². The molecule has 4 heteroatoms. The Morgan fingerprint density at radius 3 is 2.33 bits per heavy atom. The molecule has 0 saturated heterocycles. The lowest BCUT2D eigenvalue weighted by molar-refractivity contribution is -0.151. The van der Waals surface area contributed by atoms with Crippen LogP contribution in [0.4, 0.5) is 0 Å². The molecule has 0 radical (unpaired) electrons. The van der Waals surface area contributed by atoms with E-state index in [1.54, 1.807) is 6.92 Å². The quantitative estimate of drug-likeness (QED) is 0.744. The van der Waals surface area contributed by atoms with Crippen LogP contribution in [0.5, 0.6) is 0 Å². The van der Waals surface area contributed by atoms with Gasteiger partial charge >= 0.3 is 5.97 Å². The minimum Gasteiger partial charge on any atom is -0.481 e. The maximum atomic E-state index is 11.2. The van der Waals surface area contributed by atoms with Gasteiger partial charge in [0.2, 0.25) is 5.91 Å². The Morgan fingerprint density at radius 1 is 1.27 bits per heavy atom. The molecule has 15 heavy (non-hydrogen) atoms. The summed E-state index contributed by atoms with van der Waals surface area (Å²) in [5.74, 6) is -0.834. The molecule has 86 valence electrons. The standard InChI is InChI=1S/C11H19NO3/c1-2-9(13)12-8-11(10(14)15)6-4-3-5-7-11/h2-8H2,1H3,(H,12,13)(H,14,15). The van der Waals surface area contributed by atoms with Gasteiger partial charge in [-0.05, 0) is 12.8 Å². The third-order valence-electron chi connectivity index (χ3n) is 3.21. The molecule has 0 atom stereocenters. The van der Waals surface area contributed by atoms with Crippen molar-refractivity contribution in [2.24, 2.45) is 5.41 Å². The molecule has 0 unspecified atom stereocenters. The molecule has 1 rings (SSSR count). The van der Waals surface area contributed by atoms with Crippen molar-refractivity contribution >= 4 is 11.9 Å². The minimum absolute atomic E-state index is 0.0683. The van der Waals surface area contributed by atoms with Gasteiger partial charge < -0.3 is 10.4 Å². The molecule has 1 saturated carbocycles. The van der Waals surface area contributed by atoms with Crippen LogP contribution in [0, 0.1) is 5.41 Å². The third kappa shape index (κ3) is 2.94. The van der Waals surface area contributed by atoms with Crippen LogP contribution in [-0.4, -0.2) is 23.5 Å². The van der Waals surface area contributed by atoms with Crippen LogP contribution in [0.15, 0.2) is 0 Å². The second-order valence-electron chi connectivity index (χ2n) is 4.28. The predicted octanol–water partition coefficient (Wildman–Crippen LogP) is 1.55. The molecule has 0 bridgehead atoms. The van der Waals surface area contributed by atoms with Crippen LogP contribution in [0.25, 0.3) is 0 Å². The molecular weight excluding hydrogens is 194 g/mol. The lowest BCUT2D eigenvalue weighted by atomic mass is 9.74. The van der Waals surface area contributed by atoms with Gasteiger partial charge in [-0.25, -0.2) is 0 Å². The van der Waals surface area contributed by atoms with E-state index in [4.69, 9.17) is 0 Å². The fourth-order valence-corrected chi connectivity index (χ4v) is 2.09. The van der Waals surface area contributed by atoms with Crippen LogP contribution in [0.3, 0.4) is 0 Å². The molecule has 0 aromatic carbocycles. The largest absolute Gasteiger partial charge is 0.481 e. The normalized spacial score (nSPS) is 19.5. The first-order valence-electron chi connectivity index (χ1n) is 5.61. The van der Waals surface area contributed by atoms with Gasteiger partial charge in [-0.3, -0.25) is 9.59 Å². The minimum atomic E-state index is -0.765. The van der Waals surface area contributed by atoms with E-state index in [1.165, 1.54) is 0 Å². The molecule has 0 aromatic rings. The zero-order valence-corrected chi connectivity index (χ0v) is 9.21. The first kappa shape index (κ1) is 12.0. The highest BCUT2D eigenvalue weighted by Crippen LogP contribution is 2.35. The van der Waals surface area contributed by atoms with Crippen molar-refractivity contribution in [2.75, 3.05) is 6.54 Å². The summed E-state index contributed by atoms with van der Waals surface area (Å²) >= 11 is 0. The number of hydrogen-bond acceptors (Lipinski definition) is 2. The monoisotopic (exact) mass is 213 g/mol. The average Bonchev–Trinajstić information content (AvgIpc) is 2.27. The summed E-state index contributed by atoms with van der Waals surface area (Å²) in [4.78, 5) is 22.3. The smallest absolute Gasteiger partial charge is 0.311 e. The topological polar surface area (TPSA) is 66.4 Å². The van der Waals surface area contributed by atoms with Gasteiger partial charge in [-0.1, -0.05) is 26.2 Å². The Bertz CT molecular complexity index is 244. The number of aliphatic carboxylic acids is 1. The molecule has 1 amide bonds. The summed E-state index contributed by atoms with van der Waals surface area (Å²) in [6.45, 7) is 2.05. The number of amides is 1.